The van der Waals surface area contributed by atoms with Crippen LogP contribution in [0.2, 0.25) is 0 Å². The molecule has 20 heavy (non-hydrogen) atoms. The SMILES string of the molecule is Cc1ccc(CNC(=O)NCC(O)C(C)(C)C)cc1F. The summed E-state index contributed by atoms with van der Waals surface area (Å²) in [5.74, 6) is -0.284. The predicted molar refractivity (Wildman–Crippen MR) is 76.8 cm³/mol. The Balaban J connectivity index is 2.38. The molecule has 1 rings (SSSR count). The average Bonchev–Trinajstić information content (AvgIpc) is 2.36. The van der Waals surface area contributed by atoms with Crippen molar-refractivity contribution in [2.75, 3.05) is 6.54 Å². The molecule has 0 heterocycles. The zero-order valence-corrected chi connectivity index (χ0v) is 12.5. The minimum atomic E-state index is -0.620. The van der Waals surface area contributed by atoms with Crippen LogP contribution >= 0.6 is 0 Å². The Morgan fingerprint density at radius 2 is 2.00 bits per heavy atom. The highest BCUT2D eigenvalue weighted by atomic mass is 19.1. The smallest absolute Gasteiger partial charge is 0.315 e. The summed E-state index contributed by atoms with van der Waals surface area (Å²) in [6.45, 7) is 7.80. The molecule has 112 valence electrons. The molecule has 0 radical (unpaired) electrons. The van der Waals surface area contributed by atoms with Crippen molar-refractivity contribution in [2.24, 2.45) is 5.41 Å². The number of hydrogen-bond acceptors (Lipinski definition) is 2. The van der Waals surface area contributed by atoms with Gasteiger partial charge >= 0.3 is 6.03 Å². The van der Waals surface area contributed by atoms with E-state index in [2.05, 4.69) is 10.6 Å². The van der Waals surface area contributed by atoms with Gasteiger partial charge in [0.15, 0.2) is 0 Å². The first-order chi connectivity index (χ1) is 9.20. The molecule has 3 N–H and O–H groups in total. The number of aryl methyl sites for hydroxylation is 1. The van der Waals surface area contributed by atoms with Gasteiger partial charge in [-0.25, -0.2) is 9.18 Å². The summed E-state index contributed by atoms with van der Waals surface area (Å²) in [5.41, 5.74) is 0.985. The van der Waals surface area contributed by atoms with Crippen LogP contribution in [0.25, 0.3) is 0 Å². The standard InChI is InChI=1S/C15H23FN2O2/c1-10-5-6-11(7-12(10)16)8-17-14(20)18-9-13(19)15(2,3)4/h5-7,13,19H,8-9H2,1-4H3,(H2,17,18,20). The molecule has 0 aromatic heterocycles. The van der Waals surface area contributed by atoms with Gasteiger partial charge in [-0.05, 0) is 29.5 Å². The number of hydrogen-bond donors (Lipinski definition) is 3. The molecule has 0 aliphatic heterocycles. The Morgan fingerprint density at radius 3 is 2.55 bits per heavy atom. The molecule has 1 aromatic rings. The number of aliphatic hydroxyl groups is 1. The van der Waals surface area contributed by atoms with Crippen molar-refractivity contribution >= 4 is 6.03 Å². The van der Waals surface area contributed by atoms with E-state index < -0.39 is 6.10 Å². The Bertz CT molecular complexity index is 469. The van der Waals surface area contributed by atoms with Gasteiger partial charge in [0.2, 0.25) is 0 Å². The van der Waals surface area contributed by atoms with Crippen LogP contribution in [0.4, 0.5) is 9.18 Å². The lowest BCUT2D eigenvalue weighted by Gasteiger charge is -2.25. The number of urea groups is 1. The van der Waals surface area contributed by atoms with Gasteiger partial charge < -0.3 is 15.7 Å². The molecular formula is C15H23FN2O2. The summed E-state index contributed by atoms with van der Waals surface area (Å²) in [6, 6.07) is 4.46. The molecule has 0 bridgehead atoms. The third kappa shape index (κ3) is 5.17. The number of benzene rings is 1. The van der Waals surface area contributed by atoms with E-state index in [1.54, 1.807) is 19.1 Å². The van der Waals surface area contributed by atoms with Gasteiger partial charge in [-0.1, -0.05) is 32.9 Å². The molecule has 0 aliphatic carbocycles. The zero-order chi connectivity index (χ0) is 15.3. The monoisotopic (exact) mass is 282 g/mol. The fraction of sp³-hybridized carbons (Fsp3) is 0.533. The van der Waals surface area contributed by atoms with Crippen molar-refractivity contribution in [2.45, 2.75) is 40.3 Å². The molecule has 1 aromatic carbocycles. The molecular weight excluding hydrogens is 259 g/mol. The second-order valence-electron chi connectivity index (χ2n) is 6.03. The van der Waals surface area contributed by atoms with E-state index in [-0.39, 0.29) is 30.4 Å². The molecule has 0 saturated heterocycles. The van der Waals surface area contributed by atoms with E-state index in [1.807, 2.05) is 20.8 Å². The quantitative estimate of drug-likeness (QED) is 0.794. The topological polar surface area (TPSA) is 61.4 Å². The van der Waals surface area contributed by atoms with Crippen molar-refractivity contribution in [1.29, 1.82) is 0 Å². The zero-order valence-electron chi connectivity index (χ0n) is 12.5. The highest BCUT2D eigenvalue weighted by molar-refractivity contribution is 5.73. The minimum absolute atomic E-state index is 0.178. The lowest BCUT2D eigenvalue weighted by molar-refractivity contribution is 0.0650. The Hall–Kier alpha value is -1.62. The summed E-state index contributed by atoms with van der Waals surface area (Å²) in [5, 5.41) is 15.0. The van der Waals surface area contributed by atoms with Crippen LogP contribution in [0.15, 0.2) is 18.2 Å². The van der Waals surface area contributed by atoms with Crippen LogP contribution in [0, 0.1) is 18.2 Å². The summed E-state index contributed by atoms with van der Waals surface area (Å²) in [4.78, 5) is 11.6. The molecule has 1 unspecified atom stereocenters. The third-order valence-electron chi connectivity index (χ3n) is 3.14. The fourth-order valence-electron chi connectivity index (χ4n) is 1.49. The molecule has 4 nitrogen and oxygen atoms in total. The van der Waals surface area contributed by atoms with Crippen molar-refractivity contribution in [3.63, 3.8) is 0 Å². The highest BCUT2D eigenvalue weighted by Gasteiger charge is 2.22. The normalized spacial score (nSPS) is 12.9. The number of carbonyl (C=O) groups is 1. The van der Waals surface area contributed by atoms with E-state index in [1.165, 1.54) is 6.07 Å². The summed E-state index contributed by atoms with van der Waals surface area (Å²) in [7, 11) is 0. The fourth-order valence-corrected chi connectivity index (χ4v) is 1.49. The summed E-state index contributed by atoms with van der Waals surface area (Å²) in [6.07, 6.45) is -0.620. The number of rotatable bonds is 4. The number of amides is 2. The van der Waals surface area contributed by atoms with Gasteiger partial charge in [-0.3, -0.25) is 0 Å². The maximum Gasteiger partial charge on any atom is 0.315 e. The molecule has 2 amide bonds. The van der Waals surface area contributed by atoms with Gasteiger partial charge in [0.05, 0.1) is 6.10 Å². The van der Waals surface area contributed by atoms with E-state index in [0.717, 1.165) is 0 Å². The number of halogens is 1. The van der Waals surface area contributed by atoms with Crippen LogP contribution in [0.1, 0.15) is 31.9 Å². The van der Waals surface area contributed by atoms with E-state index in [4.69, 9.17) is 0 Å². The molecule has 0 aliphatic rings. The van der Waals surface area contributed by atoms with Crippen LogP contribution in [-0.4, -0.2) is 23.8 Å². The van der Waals surface area contributed by atoms with Crippen molar-refractivity contribution in [3.05, 3.63) is 35.1 Å². The Morgan fingerprint density at radius 1 is 1.35 bits per heavy atom. The predicted octanol–water partition coefficient (Wildman–Crippen LogP) is 2.34. The van der Waals surface area contributed by atoms with Crippen molar-refractivity contribution in [1.82, 2.24) is 10.6 Å². The van der Waals surface area contributed by atoms with E-state index in [9.17, 15) is 14.3 Å². The number of carbonyl (C=O) groups excluding carboxylic acids is 1. The van der Waals surface area contributed by atoms with Gasteiger partial charge in [0.25, 0.3) is 0 Å². The van der Waals surface area contributed by atoms with Gasteiger partial charge in [-0.2, -0.15) is 0 Å². The summed E-state index contributed by atoms with van der Waals surface area (Å²) < 4.78 is 13.3. The average molecular weight is 282 g/mol. The first-order valence-electron chi connectivity index (χ1n) is 6.65. The molecule has 0 fully saturated rings. The van der Waals surface area contributed by atoms with Gasteiger partial charge in [0.1, 0.15) is 5.82 Å². The maximum atomic E-state index is 13.3. The largest absolute Gasteiger partial charge is 0.391 e. The molecule has 0 spiro atoms. The van der Waals surface area contributed by atoms with E-state index >= 15 is 0 Å². The summed E-state index contributed by atoms with van der Waals surface area (Å²) >= 11 is 0. The minimum Gasteiger partial charge on any atom is -0.391 e. The maximum absolute atomic E-state index is 13.3. The Labute approximate surface area is 119 Å². The first kappa shape index (κ1) is 16.4. The third-order valence-corrected chi connectivity index (χ3v) is 3.14. The lowest BCUT2D eigenvalue weighted by atomic mass is 9.89. The Kier molecular flexibility index (Phi) is 5.51. The molecule has 1 atom stereocenters. The highest BCUT2D eigenvalue weighted by Crippen LogP contribution is 2.18. The molecule has 0 saturated carbocycles. The second-order valence-corrected chi connectivity index (χ2v) is 6.03. The van der Waals surface area contributed by atoms with E-state index in [0.29, 0.717) is 11.1 Å². The van der Waals surface area contributed by atoms with Crippen LogP contribution < -0.4 is 10.6 Å². The van der Waals surface area contributed by atoms with Crippen molar-refractivity contribution < 1.29 is 14.3 Å². The number of aliphatic hydroxyl groups excluding tert-OH is 1. The lowest BCUT2D eigenvalue weighted by Crippen LogP contribution is -2.43. The van der Waals surface area contributed by atoms with Gasteiger partial charge in [-0.15, -0.1) is 0 Å². The second kappa shape index (κ2) is 6.70. The van der Waals surface area contributed by atoms with Gasteiger partial charge in [0, 0.05) is 13.1 Å². The van der Waals surface area contributed by atoms with Crippen LogP contribution in [0.3, 0.4) is 0 Å². The van der Waals surface area contributed by atoms with Crippen molar-refractivity contribution in [3.8, 4) is 0 Å². The molecule has 5 heteroatoms. The number of nitrogens with one attached hydrogen (secondary N) is 2. The van der Waals surface area contributed by atoms with Crippen LogP contribution in [0.5, 0.6) is 0 Å². The van der Waals surface area contributed by atoms with Crippen LogP contribution in [-0.2, 0) is 6.54 Å². The first-order valence-corrected chi connectivity index (χ1v) is 6.65.